The minimum absolute atomic E-state index is 0.305. The Bertz CT molecular complexity index is 1020. The molecule has 0 saturated carbocycles. The summed E-state index contributed by atoms with van der Waals surface area (Å²) in [6, 6.07) is 15.6. The van der Waals surface area contributed by atoms with Crippen molar-refractivity contribution in [1.82, 2.24) is 19.7 Å². The molecule has 0 radical (unpaired) electrons. The van der Waals surface area contributed by atoms with Gasteiger partial charge < -0.3 is 0 Å². The summed E-state index contributed by atoms with van der Waals surface area (Å²) in [4.78, 5) is 20.8. The van der Waals surface area contributed by atoms with E-state index in [1.54, 1.807) is 23.6 Å². The third kappa shape index (κ3) is 3.41. The van der Waals surface area contributed by atoms with E-state index in [9.17, 15) is 4.79 Å². The molecular weight excluding hydrogens is 336 g/mol. The Morgan fingerprint density at radius 3 is 2.72 bits per heavy atom. The van der Waals surface area contributed by atoms with Crippen LogP contribution in [0.2, 0.25) is 0 Å². The molecule has 0 aliphatic rings. The van der Waals surface area contributed by atoms with Gasteiger partial charge in [-0.3, -0.25) is 9.51 Å². The molecule has 4 rings (SSSR count). The molecule has 0 unspecified atom stereocenters. The van der Waals surface area contributed by atoms with Crippen molar-refractivity contribution in [2.24, 2.45) is 0 Å². The third-order valence-electron chi connectivity index (χ3n) is 3.70. The molecule has 6 nitrogen and oxygen atoms in total. The van der Waals surface area contributed by atoms with Crippen LogP contribution in [-0.2, 0) is 13.0 Å². The van der Waals surface area contributed by atoms with Crippen LogP contribution >= 0.6 is 11.3 Å². The van der Waals surface area contributed by atoms with E-state index in [0.717, 1.165) is 17.1 Å². The lowest BCUT2D eigenvalue weighted by atomic mass is 10.2. The van der Waals surface area contributed by atoms with Crippen LogP contribution in [0.5, 0.6) is 0 Å². The Labute approximate surface area is 147 Å². The summed E-state index contributed by atoms with van der Waals surface area (Å²) in [5.74, 6) is -0.110. The average molecular weight is 350 g/mol. The zero-order valence-electron chi connectivity index (χ0n) is 13.2. The van der Waals surface area contributed by atoms with Crippen molar-refractivity contribution in [3.63, 3.8) is 0 Å². The topological polar surface area (TPSA) is 73.8 Å². The molecular formula is C18H14N4O2S. The van der Waals surface area contributed by atoms with E-state index in [-0.39, 0.29) is 0 Å². The Hall–Kier alpha value is -3.06. The van der Waals surface area contributed by atoms with Gasteiger partial charge in [0.05, 0.1) is 17.2 Å². The molecule has 0 fully saturated rings. The molecule has 0 spiro atoms. The first-order valence-corrected chi connectivity index (χ1v) is 8.63. The maximum Gasteiger partial charge on any atom is 0.442 e. The first kappa shape index (κ1) is 15.5. The first-order valence-electron chi connectivity index (χ1n) is 7.75. The number of benzene rings is 1. The lowest BCUT2D eigenvalue weighted by Gasteiger charge is -2.01. The van der Waals surface area contributed by atoms with Crippen molar-refractivity contribution in [3.8, 4) is 11.5 Å². The quantitative estimate of drug-likeness (QED) is 0.553. The number of aromatic nitrogens is 4. The summed E-state index contributed by atoms with van der Waals surface area (Å²) in [6.07, 6.45) is 2.43. The van der Waals surface area contributed by atoms with Gasteiger partial charge in [0.15, 0.2) is 0 Å². The van der Waals surface area contributed by atoms with E-state index >= 15 is 0 Å². The van der Waals surface area contributed by atoms with Crippen LogP contribution in [0, 0.1) is 0 Å². The van der Waals surface area contributed by atoms with E-state index in [1.165, 1.54) is 10.1 Å². The van der Waals surface area contributed by atoms with E-state index < -0.39 is 5.76 Å². The van der Waals surface area contributed by atoms with Gasteiger partial charge in [-0.25, -0.2) is 14.3 Å². The number of hydrogen-bond acceptors (Lipinski definition) is 6. The monoisotopic (exact) mass is 350 g/mol. The Balaban J connectivity index is 1.58. The second kappa shape index (κ2) is 6.82. The molecule has 3 aromatic heterocycles. The van der Waals surface area contributed by atoms with Crippen LogP contribution in [0.25, 0.3) is 11.5 Å². The Kier molecular flexibility index (Phi) is 4.22. The molecule has 0 saturated heterocycles. The number of thiazole rings is 1. The highest BCUT2D eigenvalue weighted by Gasteiger charge is 2.15. The van der Waals surface area contributed by atoms with Crippen molar-refractivity contribution in [3.05, 3.63) is 86.9 Å². The minimum atomic E-state index is -0.515. The van der Waals surface area contributed by atoms with E-state index in [0.29, 0.717) is 18.1 Å². The molecule has 3 heterocycles. The zero-order chi connectivity index (χ0) is 17.1. The smallest absolute Gasteiger partial charge is 0.295 e. The fourth-order valence-electron chi connectivity index (χ4n) is 2.52. The summed E-state index contributed by atoms with van der Waals surface area (Å²) in [5, 5.41) is 6.81. The third-order valence-corrected chi connectivity index (χ3v) is 4.60. The van der Waals surface area contributed by atoms with Crippen LogP contribution < -0.4 is 5.76 Å². The molecule has 4 aromatic rings. The summed E-state index contributed by atoms with van der Waals surface area (Å²) in [6.45, 7) is 0.305. The van der Waals surface area contributed by atoms with Crippen LogP contribution in [-0.4, -0.2) is 19.7 Å². The standard InChI is InChI=1S/C18H14N4O2S/c23-18-22(17(21-24-18)15-8-4-5-9-19-15)11-14-12-25-16(20-14)10-13-6-2-1-3-7-13/h1-9,12H,10-11H2. The summed E-state index contributed by atoms with van der Waals surface area (Å²) in [7, 11) is 0. The van der Waals surface area contributed by atoms with E-state index in [1.807, 2.05) is 35.7 Å². The van der Waals surface area contributed by atoms with Crippen molar-refractivity contribution < 1.29 is 4.52 Å². The van der Waals surface area contributed by atoms with Gasteiger partial charge in [-0.1, -0.05) is 41.6 Å². The maximum absolute atomic E-state index is 12.0. The van der Waals surface area contributed by atoms with Gasteiger partial charge in [-0.15, -0.1) is 11.3 Å². The largest absolute Gasteiger partial charge is 0.442 e. The van der Waals surface area contributed by atoms with Gasteiger partial charge >= 0.3 is 5.76 Å². The van der Waals surface area contributed by atoms with Crippen LogP contribution in [0.3, 0.4) is 0 Å². The zero-order valence-corrected chi connectivity index (χ0v) is 14.0. The van der Waals surface area contributed by atoms with Crippen LogP contribution in [0.4, 0.5) is 0 Å². The van der Waals surface area contributed by atoms with Crippen molar-refractivity contribution >= 4 is 11.3 Å². The lowest BCUT2D eigenvalue weighted by Crippen LogP contribution is -2.16. The molecule has 0 atom stereocenters. The van der Waals surface area contributed by atoms with E-state index in [4.69, 9.17) is 4.52 Å². The molecule has 124 valence electrons. The summed E-state index contributed by atoms with van der Waals surface area (Å²) >= 11 is 1.58. The van der Waals surface area contributed by atoms with Crippen LogP contribution in [0.1, 0.15) is 16.3 Å². The highest BCUT2D eigenvalue weighted by molar-refractivity contribution is 7.09. The van der Waals surface area contributed by atoms with Gasteiger partial charge in [0, 0.05) is 18.0 Å². The number of nitrogens with zero attached hydrogens (tertiary/aromatic N) is 4. The maximum atomic E-state index is 12.0. The van der Waals surface area contributed by atoms with Crippen molar-refractivity contribution in [2.75, 3.05) is 0 Å². The average Bonchev–Trinajstić information content (AvgIpc) is 3.24. The Morgan fingerprint density at radius 1 is 1.08 bits per heavy atom. The molecule has 1 aromatic carbocycles. The fourth-order valence-corrected chi connectivity index (χ4v) is 3.34. The second-order valence-electron chi connectivity index (χ2n) is 5.47. The molecule has 0 bridgehead atoms. The SMILES string of the molecule is O=c1onc(-c2ccccn2)n1Cc1csc(Cc2ccccc2)n1. The van der Waals surface area contributed by atoms with Gasteiger partial charge in [0.2, 0.25) is 5.82 Å². The molecule has 25 heavy (non-hydrogen) atoms. The molecule has 0 aliphatic carbocycles. The predicted octanol–water partition coefficient (Wildman–Crippen LogP) is 2.99. The normalized spacial score (nSPS) is 10.9. The highest BCUT2D eigenvalue weighted by atomic mass is 32.1. The predicted molar refractivity (Wildman–Crippen MR) is 94.5 cm³/mol. The highest BCUT2D eigenvalue weighted by Crippen LogP contribution is 2.17. The van der Waals surface area contributed by atoms with Gasteiger partial charge in [0.1, 0.15) is 5.69 Å². The number of hydrogen-bond donors (Lipinski definition) is 0. The number of pyridine rings is 1. The van der Waals surface area contributed by atoms with Crippen LogP contribution in [0.15, 0.2) is 69.4 Å². The molecule has 0 amide bonds. The first-order chi connectivity index (χ1) is 12.3. The molecule has 0 aliphatic heterocycles. The van der Waals surface area contributed by atoms with Gasteiger partial charge in [0.25, 0.3) is 0 Å². The summed E-state index contributed by atoms with van der Waals surface area (Å²) < 4.78 is 6.27. The molecule has 0 N–H and O–H groups in total. The molecule has 7 heteroatoms. The lowest BCUT2D eigenvalue weighted by molar-refractivity contribution is 0.378. The second-order valence-corrected chi connectivity index (χ2v) is 6.41. The van der Waals surface area contributed by atoms with Gasteiger partial charge in [-0.05, 0) is 17.7 Å². The fraction of sp³-hybridized carbons (Fsp3) is 0.111. The summed E-state index contributed by atoms with van der Waals surface area (Å²) in [5.41, 5.74) is 2.60. The Morgan fingerprint density at radius 2 is 1.92 bits per heavy atom. The van der Waals surface area contributed by atoms with Gasteiger partial charge in [-0.2, -0.15) is 0 Å². The minimum Gasteiger partial charge on any atom is -0.295 e. The van der Waals surface area contributed by atoms with Crippen molar-refractivity contribution in [1.29, 1.82) is 0 Å². The van der Waals surface area contributed by atoms with Crippen molar-refractivity contribution in [2.45, 2.75) is 13.0 Å². The van der Waals surface area contributed by atoms with E-state index in [2.05, 4.69) is 27.3 Å². The number of rotatable bonds is 5.